The van der Waals surface area contributed by atoms with Crippen LogP contribution in [0.2, 0.25) is 0 Å². The summed E-state index contributed by atoms with van der Waals surface area (Å²) in [6.45, 7) is 1.82. The fourth-order valence-electron chi connectivity index (χ4n) is 1.55. The van der Waals surface area contributed by atoms with Crippen LogP contribution >= 0.6 is 0 Å². The van der Waals surface area contributed by atoms with E-state index >= 15 is 0 Å². The van der Waals surface area contributed by atoms with Gasteiger partial charge in [0.05, 0.1) is 5.56 Å². The number of amides is 1. The highest BCUT2D eigenvalue weighted by molar-refractivity contribution is 6.05. The summed E-state index contributed by atoms with van der Waals surface area (Å²) in [6, 6.07) is 8.99. The first kappa shape index (κ1) is 11.3. The van der Waals surface area contributed by atoms with Crippen molar-refractivity contribution in [2.75, 3.05) is 11.9 Å². The molecule has 2 aromatic heterocycles. The van der Waals surface area contributed by atoms with Crippen molar-refractivity contribution in [1.82, 2.24) is 9.97 Å². The molecule has 86 valence electrons. The number of carbonyl (C=O) groups is 1. The maximum Gasteiger partial charge on any atom is 0.261 e. The first-order valence-corrected chi connectivity index (χ1v) is 5.31. The predicted octanol–water partition coefficient (Wildman–Crippen LogP) is 2.06. The molecule has 0 aliphatic heterocycles. The number of pyridine rings is 2. The first-order valence-electron chi connectivity index (χ1n) is 5.31. The zero-order chi connectivity index (χ0) is 12.3. The Hall–Kier alpha value is -2.23. The number of aromatic nitrogens is 2. The minimum absolute atomic E-state index is 0.102. The van der Waals surface area contributed by atoms with Crippen molar-refractivity contribution < 1.29 is 4.79 Å². The normalized spacial score (nSPS) is 10.0. The van der Waals surface area contributed by atoms with Crippen molar-refractivity contribution in [3.63, 3.8) is 0 Å². The summed E-state index contributed by atoms with van der Waals surface area (Å²) in [5.74, 6) is 0.523. The number of anilines is 1. The third-order valence-corrected chi connectivity index (χ3v) is 2.53. The van der Waals surface area contributed by atoms with Crippen molar-refractivity contribution in [1.29, 1.82) is 0 Å². The van der Waals surface area contributed by atoms with E-state index in [0.717, 1.165) is 5.69 Å². The lowest BCUT2D eigenvalue weighted by atomic mass is 10.2. The molecule has 0 fully saturated rings. The van der Waals surface area contributed by atoms with Crippen LogP contribution in [0.5, 0.6) is 0 Å². The molecule has 0 saturated carbocycles. The summed E-state index contributed by atoms with van der Waals surface area (Å²) in [7, 11) is 1.71. The lowest BCUT2D eigenvalue weighted by Gasteiger charge is -2.16. The Morgan fingerprint density at radius 1 is 1.12 bits per heavy atom. The summed E-state index contributed by atoms with van der Waals surface area (Å²) < 4.78 is 0. The molecule has 2 aromatic rings. The standard InChI is InChI=1S/C13H13N3O/c1-10-11(6-5-9-14-10)13(17)16(2)12-7-3-4-8-15-12/h3-9H,1-2H3. The Balaban J connectivity index is 2.30. The summed E-state index contributed by atoms with van der Waals surface area (Å²) in [6.07, 6.45) is 3.34. The van der Waals surface area contributed by atoms with Gasteiger partial charge in [-0.05, 0) is 31.2 Å². The van der Waals surface area contributed by atoms with Gasteiger partial charge in [-0.2, -0.15) is 0 Å². The zero-order valence-electron chi connectivity index (χ0n) is 9.79. The van der Waals surface area contributed by atoms with Crippen LogP contribution in [0.4, 0.5) is 5.82 Å². The summed E-state index contributed by atoms with van der Waals surface area (Å²) in [5, 5.41) is 0. The van der Waals surface area contributed by atoms with Gasteiger partial charge in [0.25, 0.3) is 5.91 Å². The van der Waals surface area contributed by atoms with Crippen LogP contribution in [-0.4, -0.2) is 22.9 Å². The number of carbonyl (C=O) groups excluding carboxylic acids is 1. The average Bonchev–Trinajstić information content (AvgIpc) is 2.39. The molecular weight excluding hydrogens is 214 g/mol. The molecule has 0 atom stereocenters. The molecule has 4 heteroatoms. The Bertz CT molecular complexity index is 525. The molecule has 1 amide bonds. The van der Waals surface area contributed by atoms with Gasteiger partial charge in [-0.1, -0.05) is 6.07 Å². The fraction of sp³-hybridized carbons (Fsp3) is 0.154. The molecule has 4 nitrogen and oxygen atoms in total. The molecule has 0 aliphatic carbocycles. The fourth-order valence-corrected chi connectivity index (χ4v) is 1.55. The van der Waals surface area contributed by atoms with Crippen LogP contribution < -0.4 is 4.90 Å². The quantitative estimate of drug-likeness (QED) is 0.789. The molecule has 0 bridgehead atoms. The van der Waals surface area contributed by atoms with Crippen LogP contribution in [-0.2, 0) is 0 Å². The van der Waals surface area contributed by atoms with Gasteiger partial charge in [0.15, 0.2) is 0 Å². The minimum atomic E-state index is -0.102. The largest absolute Gasteiger partial charge is 0.296 e. The molecule has 0 saturated heterocycles. The average molecular weight is 227 g/mol. The molecule has 17 heavy (non-hydrogen) atoms. The summed E-state index contributed by atoms with van der Waals surface area (Å²) >= 11 is 0. The number of hydrogen-bond donors (Lipinski definition) is 0. The number of nitrogens with zero attached hydrogens (tertiary/aromatic N) is 3. The van der Waals surface area contributed by atoms with Crippen molar-refractivity contribution in [3.8, 4) is 0 Å². The van der Waals surface area contributed by atoms with E-state index in [4.69, 9.17) is 0 Å². The smallest absolute Gasteiger partial charge is 0.261 e. The van der Waals surface area contributed by atoms with E-state index in [1.165, 1.54) is 4.90 Å². The Morgan fingerprint density at radius 2 is 1.88 bits per heavy atom. The van der Waals surface area contributed by atoms with Gasteiger partial charge < -0.3 is 0 Å². The molecule has 0 unspecified atom stereocenters. The SMILES string of the molecule is Cc1ncccc1C(=O)N(C)c1ccccn1. The summed E-state index contributed by atoms with van der Waals surface area (Å²) in [4.78, 5) is 22.0. The van der Waals surface area contributed by atoms with E-state index in [-0.39, 0.29) is 5.91 Å². The van der Waals surface area contributed by atoms with E-state index in [1.54, 1.807) is 37.6 Å². The van der Waals surface area contributed by atoms with Crippen molar-refractivity contribution >= 4 is 11.7 Å². The highest BCUT2D eigenvalue weighted by atomic mass is 16.2. The maximum absolute atomic E-state index is 12.2. The van der Waals surface area contributed by atoms with Gasteiger partial charge in [-0.3, -0.25) is 14.7 Å². The van der Waals surface area contributed by atoms with Gasteiger partial charge in [-0.15, -0.1) is 0 Å². The molecule has 0 aromatic carbocycles. The second kappa shape index (κ2) is 4.74. The highest BCUT2D eigenvalue weighted by Gasteiger charge is 2.16. The molecule has 0 spiro atoms. The molecular formula is C13H13N3O. The van der Waals surface area contributed by atoms with Crippen molar-refractivity contribution in [2.24, 2.45) is 0 Å². The van der Waals surface area contributed by atoms with Gasteiger partial charge in [0.2, 0.25) is 0 Å². The highest BCUT2D eigenvalue weighted by Crippen LogP contribution is 2.13. The van der Waals surface area contributed by atoms with Crippen LogP contribution in [0.1, 0.15) is 16.1 Å². The van der Waals surface area contributed by atoms with E-state index in [2.05, 4.69) is 9.97 Å². The monoisotopic (exact) mass is 227 g/mol. The molecule has 0 N–H and O–H groups in total. The van der Waals surface area contributed by atoms with E-state index in [9.17, 15) is 4.79 Å². The molecule has 0 radical (unpaired) electrons. The van der Waals surface area contributed by atoms with E-state index < -0.39 is 0 Å². The first-order chi connectivity index (χ1) is 8.20. The maximum atomic E-state index is 12.2. The van der Waals surface area contributed by atoms with Crippen LogP contribution in [0.15, 0.2) is 42.7 Å². The van der Waals surface area contributed by atoms with Crippen LogP contribution in [0.3, 0.4) is 0 Å². The second-order valence-electron chi connectivity index (χ2n) is 3.69. The van der Waals surface area contributed by atoms with Crippen molar-refractivity contribution in [2.45, 2.75) is 6.92 Å². The Kier molecular flexibility index (Phi) is 3.14. The zero-order valence-corrected chi connectivity index (χ0v) is 9.79. The number of aryl methyl sites for hydroxylation is 1. The topological polar surface area (TPSA) is 46.1 Å². The minimum Gasteiger partial charge on any atom is -0.296 e. The summed E-state index contributed by atoms with van der Waals surface area (Å²) in [5.41, 5.74) is 1.32. The van der Waals surface area contributed by atoms with Crippen LogP contribution in [0.25, 0.3) is 0 Å². The Labute approximate surface area is 99.9 Å². The number of rotatable bonds is 2. The predicted molar refractivity (Wildman–Crippen MR) is 65.9 cm³/mol. The van der Waals surface area contributed by atoms with Gasteiger partial charge in [0.1, 0.15) is 5.82 Å². The lowest BCUT2D eigenvalue weighted by Crippen LogP contribution is -2.27. The third-order valence-electron chi connectivity index (χ3n) is 2.53. The molecule has 2 heterocycles. The van der Waals surface area contributed by atoms with Gasteiger partial charge >= 0.3 is 0 Å². The van der Waals surface area contributed by atoms with Crippen LogP contribution in [0, 0.1) is 6.92 Å². The van der Waals surface area contributed by atoms with Gasteiger partial charge in [-0.25, -0.2) is 4.98 Å². The lowest BCUT2D eigenvalue weighted by molar-refractivity contribution is 0.0991. The van der Waals surface area contributed by atoms with Gasteiger partial charge in [0, 0.05) is 25.1 Å². The van der Waals surface area contributed by atoms with E-state index in [0.29, 0.717) is 11.4 Å². The number of hydrogen-bond acceptors (Lipinski definition) is 3. The molecule has 2 rings (SSSR count). The Morgan fingerprint density at radius 3 is 2.53 bits per heavy atom. The van der Waals surface area contributed by atoms with E-state index in [1.807, 2.05) is 19.1 Å². The third kappa shape index (κ3) is 2.30. The van der Waals surface area contributed by atoms with Crippen molar-refractivity contribution in [3.05, 3.63) is 54.0 Å². The molecule has 0 aliphatic rings. The second-order valence-corrected chi connectivity index (χ2v) is 3.69.